The van der Waals surface area contributed by atoms with Crippen LogP contribution in [0.2, 0.25) is 0 Å². The Morgan fingerprint density at radius 2 is 1.94 bits per heavy atom. The van der Waals surface area contributed by atoms with Gasteiger partial charge in [-0.25, -0.2) is 4.79 Å². The molecular weight excluding hydrogens is 304 g/mol. The van der Waals surface area contributed by atoms with E-state index in [-0.39, 0.29) is 16.9 Å². The van der Waals surface area contributed by atoms with E-state index in [0.717, 1.165) is 0 Å². The summed E-state index contributed by atoms with van der Waals surface area (Å²) >= 11 is 3.08. The number of alkyl halides is 1. The van der Waals surface area contributed by atoms with Crippen LogP contribution >= 0.6 is 15.9 Å². The topological polar surface area (TPSA) is 61.8 Å². The van der Waals surface area contributed by atoms with Gasteiger partial charge in [-0.15, -0.1) is 0 Å². The summed E-state index contributed by atoms with van der Waals surface area (Å²) in [5.41, 5.74) is 0.866. The van der Waals surface area contributed by atoms with E-state index in [9.17, 15) is 9.59 Å². The monoisotopic (exact) mass is 316 g/mol. The van der Waals surface area contributed by atoms with E-state index in [2.05, 4.69) is 20.7 Å². The second kappa shape index (κ2) is 6.39. The van der Waals surface area contributed by atoms with Crippen molar-refractivity contribution in [1.29, 1.82) is 0 Å². The number of halogens is 1. The molecule has 0 aliphatic carbocycles. The van der Waals surface area contributed by atoms with E-state index in [1.807, 2.05) is 0 Å². The molecule has 0 aliphatic rings. The highest BCUT2D eigenvalue weighted by Gasteiger charge is 2.19. The van der Waals surface area contributed by atoms with Gasteiger partial charge >= 0.3 is 6.16 Å². The molecule has 1 aromatic rings. The summed E-state index contributed by atoms with van der Waals surface area (Å²) in [4.78, 5) is 22.9. The van der Waals surface area contributed by atoms with Crippen LogP contribution in [0.5, 0.6) is 11.5 Å². The number of ether oxygens (including phenoxy) is 3. The van der Waals surface area contributed by atoms with Gasteiger partial charge in [-0.2, -0.15) is 0 Å². The Morgan fingerprint density at radius 3 is 2.44 bits per heavy atom. The number of Topliss-reactive ketones (excluding diaryl/α,β-unsaturated/α-hetero) is 1. The van der Waals surface area contributed by atoms with Crippen molar-refractivity contribution in [3.63, 3.8) is 0 Å². The van der Waals surface area contributed by atoms with Crippen LogP contribution in [0.3, 0.4) is 0 Å². The molecule has 0 spiro atoms. The van der Waals surface area contributed by atoms with Crippen LogP contribution < -0.4 is 9.47 Å². The number of hydrogen-bond acceptors (Lipinski definition) is 5. The van der Waals surface area contributed by atoms with Crippen molar-refractivity contribution in [1.82, 2.24) is 0 Å². The average molecular weight is 317 g/mol. The molecule has 0 aliphatic heterocycles. The fraction of sp³-hybridized carbons (Fsp3) is 0.333. The molecule has 98 valence electrons. The highest BCUT2D eigenvalue weighted by molar-refractivity contribution is 9.09. The first-order chi connectivity index (χ1) is 8.54. The standard InChI is InChI=1S/C12H13BrO5/c1-7-10(16-2)5-4-8(9(14)6-13)11(7)18-12(15)17-3/h4-5H,6H2,1-3H3. The first-order valence-electron chi connectivity index (χ1n) is 5.07. The number of rotatable bonds is 4. The molecule has 5 nitrogen and oxygen atoms in total. The molecule has 0 saturated carbocycles. The summed E-state index contributed by atoms with van der Waals surface area (Å²) in [6.07, 6.45) is -0.880. The molecular formula is C12H13BrO5. The Morgan fingerprint density at radius 1 is 1.28 bits per heavy atom. The highest BCUT2D eigenvalue weighted by Crippen LogP contribution is 2.32. The summed E-state index contributed by atoms with van der Waals surface area (Å²) in [7, 11) is 2.69. The third-order valence-electron chi connectivity index (χ3n) is 2.35. The van der Waals surface area contributed by atoms with E-state index >= 15 is 0 Å². The molecule has 0 saturated heterocycles. The maximum absolute atomic E-state index is 11.7. The Balaban J connectivity index is 3.30. The predicted octanol–water partition coefficient (Wildman–Crippen LogP) is 2.73. The molecule has 0 unspecified atom stereocenters. The van der Waals surface area contributed by atoms with Gasteiger partial charge in [0.2, 0.25) is 0 Å². The van der Waals surface area contributed by atoms with E-state index in [0.29, 0.717) is 16.9 Å². The average Bonchev–Trinajstić information content (AvgIpc) is 2.39. The van der Waals surface area contributed by atoms with Gasteiger partial charge in [0.05, 0.1) is 25.1 Å². The van der Waals surface area contributed by atoms with Gasteiger partial charge in [0, 0.05) is 5.56 Å². The minimum absolute atomic E-state index is 0.135. The van der Waals surface area contributed by atoms with Gasteiger partial charge in [-0.05, 0) is 19.1 Å². The Labute approximate surface area is 113 Å². The SMILES string of the molecule is COC(=O)Oc1c(C(=O)CBr)ccc(OC)c1C. The van der Waals surface area contributed by atoms with Crippen molar-refractivity contribution in [2.45, 2.75) is 6.92 Å². The van der Waals surface area contributed by atoms with Crippen molar-refractivity contribution in [3.05, 3.63) is 23.3 Å². The molecule has 0 N–H and O–H groups in total. The molecule has 0 atom stereocenters. The van der Waals surface area contributed by atoms with Crippen LogP contribution in [0.4, 0.5) is 4.79 Å². The number of carbonyl (C=O) groups excluding carboxylic acids is 2. The Hall–Kier alpha value is -1.56. The first-order valence-corrected chi connectivity index (χ1v) is 6.19. The number of methoxy groups -OCH3 is 2. The molecule has 0 amide bonds. The summed E-state index contributed by atoms with van der Waals surface area (Å²) in [6, 6.07) is 3.20. The second-order valence-corrected chi connectivity index (χ2v) is 3.94. The van der Waals surface area contributed by atoms with Gasteiger partial charge in [0.15, 0.2) is 11.5 Å². The molecule has 0 aromatic heterocycles. The maximum atomic E-state index is 11.7. The summed E-state index contributed by atoms with van der Waals surface area (Å²) in [6.45, 7) is 1.70. The molecule has 1 rings (SSSR count). The van der Waals surface area contributed by atoms with Crippen molar-refractivity contribution >= 4 is 27.9 Å². The third kappa shape index (κ3) is 3.01. The van der Waals surface area contributed by atoms with Gasteiger partial charge < -0.3 is 14.2 Å². The van der Waals surface area contributed by atoms with Crippen molar-refractivity contribution in [2.24, 2.45) is 0 Å². The van der Waals surface area contributed by atoms with Crippen LogP contribution in [0.25, 0.3) is 0 Å². The summed E-state index contributed by atoms with van der Waals surface area (Å²) < 4.78 is 14.5. The van der Waals surface area contributed by atoms with Crippen molar-refractivity contribution < 1.29 is 23.8 Å². The second-order valence-electron chi connectivity index (χ2n) is 3.38. The number of ketones is 1. The fourth-order valence-corrected chi connectivity index (χ4v) is 1.74. The molecule has 1 aromatic carbocycles. The largest absolute Gasteiger partial charge is 0.513 e. The zero-order chi connectivity index (χ0) is 13.7. The first kappa shape index (κ1) is 14.5. The van der Waals surface area contributed by atoms with Crippen molar-refractivity contribution in [3.8, 4) is 11.5 Å². The van der Waals surface area contributed by atoms with Gasteiger partial charge in [-0.1, -0.05) is 15.9 Å². The summed E-state index contributed by atoms with van der Waals surface area (Å²) in [5.74, 6) is 0.491. The lowest BCUT2D eigenvalue weighted by atomic mass is 10.1. The lowest BCUT2D eigenvalue weighted by Crippen LogP contribution is -2.13. The predicted molar refractivity (Wildman–Crippen MR) is 68.9 cm³/mol. The van der Waals surface area contributed by atoms with Crippen LogP contribution in [0, 0.1) is 6.92 Å². The summed E-state index contributed by atoms with van der Waals surface area (Å²) in [5, 5.41) is 0.135. The van der Waals surface area contributed by atoms with E-state index in [1.54, 1.807) is 19.1 Å². The molecule has 0 radical (unpaired) electrons. The fourth-order valence-electron chi connectivity index (χ4n) is 1.44. The smallest absolute Gasteiger partial charge is 0.496 e. The van der Waals surface area contributed by atoms with E-state index in [1.165, 1.54) is 14.2 Å². The quantitative estimate of drug-likeness (QED) is 0.370. The van der Waals surface area contributed by atoms with Gasteiger partial charge in [-0.3, -0.25) is 4.79 Å². The minimum atomic E-state index is -0.880. The number of carbonyl (C=O) groups is 2. The highest BCUT2D eigenvalue weighted by atomic mass is 79.9. The Kier molecular flexibility index (Phi) is 5.15. The zero-order valence-corrected chi connectivity index (χ0v) is 11.9. The van der Waals surface area contributed by atoms with Crippen LogP contribution in [-0.2, 0) is 4.74 Å². The molecule has 18 heavy (non-hydrogen) atoms. The van der Waals surface area contributed by atoms with Crippen LogP contribution in [-0.4, -0.2) is 31.5 Å². The lowest BCUT2D eigenvalue weighted by Gasteiger charge is -2.13. The number of benzene rings is 1. The maximum Gasteiger partial charge on any atom is 0.513 e. The Bertz CT molecular complexity index is 470. The van der Waals surface area contributed by atoms with Crippen LogP contribution in [0.1, 0.15) is 15.9 Å². The normalized spacial score (nSPS) is 9.78. The molecule has 0 heterocycles. The van der Waals surface area contributed by atoms with E-state index < -0.39 is 6.16 Å². The minimum Gasteiger partial charge on any atom is -0.496 e. The third-order valence-corrected chi connectivity index (χ3v) is 2.86. The van der Waals surface area contributed by atoms with Gasteiger partial charge in [0.1, 0.15) is 5.75 Å². The van der Waals surface area contributed by atoms with Crippen molar-refractivity contribution in [2.75, 3.05) is 19.5 Å². The number of hydrogen-bond donors (Lipinski definition) is 0. The molecule has 6 heteroatoms. The van der Waals surface area contributed by atoms with Gasteiger partial charge in [0.25, 0.3) is 0 Å². The zero-order valence-electron chi connectivity index (χ0n) is 10.3. The molecule has 0 fully saturated rings. The molecule has 0 bridgehead atoms. The lowest BCUT2D eigenvalue weighted by molar-refractivity contribution is 0.101. The van der Waals surface area contributed by atoms with Crippen LogP contribution in [0.15, 0.2) is 12.1 Å². The van der Waals surface area contributed by atoms with E-state index in [4.69, 9.17) is 9.47 Å².